The lowest BCUT2D eigenvalue weighted by molar-refractivity contribution is 0.324. The predicted molar refractivity (Wildman–Crippen MR) is 89.0 cm³/mol. The van der Waals surface area contributed by atoms with Crippen molar-refractivity contribution >= 4 is 16.7 Å². The maximum Gasteiger partial charge on any atom is 0.203 e. The molecule has 3 aromatic rings. The molecule has 6 nitrogen and oxygen atoms in total. The molecule has 2 aromatic heterocycles. The first kappa shape index (κ1) is 14.9. The Morgan fingerprint density at radius 2 is 1.65 bits per heavy atom. The van der Waals surface area contributed by atoms with Crippen LogP contribution in [0.4, 0.5) is 5.69 Å². The van der Waals surface area contributed by atoms with Crippen LogP contribution in [-0.2, 0) is 0 Å². The highest BCUT2D eigenvalue weighted by Crippen LogP contribution is 2.42. The molecule has 1 aromatic carbocycles. The Labute approximate surface area is 133 Å². The largest absolute Gasteiger partial charge is 0.493 e. The topological polar surface area (TPSA) is 79.5 Å². The molecule has 0 amide bonds. The van der Waals surface area contributed by atoms with E-state index >= 15 is 0 Å². The van der Waals surface area contributed by atoms with E-state index in [1.54, 1.807) is 33.7 Å². The van der Waals surface area contributed by atoms with Crippen molar-refractivity contribution in [2.24, 2.45) is 0 Å². The molecule has 0 fully saturated rings. The molecule has 0 aliphatic carbocycles. The van der Waals surface area contributed by atoms with E-state index in [4.69, 9.17) is 19.9 Å². The first-order valence-electron chi connectivity index (χ1n) is 6.99. The molecule has 0 spiro atoms. The Hall–Kier alpha value is -3.02. The number of hydrogen-bond acceptors (Lipinski definition) is 6. The summed E-state index contributed by atoms with van der Waals surface area (Å²) in [5, 5.41) is 0. The zero-order valence-corrected chi connectivity index (χ0v) is 13.2. The fourth-order valence-electron chi connectivity index (χ4n) is 2.51. The van der Waals surface area contributed by atoms with Crippen molar-refractivity contribution in [2.45, 2.75) is 0 Å². The van der Waals surface area contributed by atoms with E-state index in [2.05, 4.69) is 9.97 Å². The minimum atomic E-state index is 0.532. The second-order valence-electron chi connectivity index (χ2n) is 4.87. The van der Waals surface area contributed by atoms with E-state index in [9.17, 15) is 0 Å². The van der Waals surface area contributed by atoms with Gasteiger partial charge in [-0.15, -0.1) is 0 Å². The summed E-state index contributed by atoms with van der Waals surface area (Å²) >= 11 is 0. The Kier molecular flexibility index (Phi) is 3.89. The van der Waals surface area contributed by atoms with Gasteiger partial charge in [-0.1, -0.05) is 0 Å². The highest BCUT2D eigenvalue weighted by Gasteiger charge is 2.16. The molecule has 0 bridgehead atoms. The third kappa shape index (κ3) is 2.48. The summed E-state index contributed by atoms with van der Waals surface area (Å²) in [6.07, 6.45) is 3.42. The Balaban J connectivity index is 2.24. The van der Waals surface area contributed by atoms with Crippen LogP contribution in [0.5, 0.6) is 17.2 Å². The van der Waals surface area contributed by atoms with E-state index in [0.29, 0.717) is 28.5 Å². The monoisotopic (exact) mass is 311 g/mol. The van der Waals surface area contributed by atoms with E-state index in [-0.39, 0.29) is 0 Å². The molecule has 0 atom stereocenters. The van der Waals surface area contributed by atoms with Gasteiger partial charge in [-0.3, -0.25) is 9.97 Å². The number of ether oxygens (including phenoxy) is 3. The van der Waals surface area contributed by atoms with Crippen LogP contribution >= 0.6 is 0 Å². The van der Waals surface area contributed by atoms with Gasteiger partial charge in [0, 0.05) is 18.0 Å². The van der Waals surface area contributed by atoms with E-state index in [0.717, 1.165) is 16.6 Å². The first-order valence-corrected chi connectivity index (χ1v) is 6.99. The summed E-state index contributed by atoms with van der Waals surface area (Å²) in [7, 11) is 4.71. The van der Waals surface area contributed by atoms with Crippen LogP contribution in [-0.4, -0.2) is 31.3 Å². The molecular formula is C17H17N3O3. The fourth-order valence-corrected chi connectivity index (χ4v) is 2.51. The zero-order chi connectivity index (χ0) is 16.4. The van der Waals surface area contributed by atoms with Crippen molar-refractivity contribution in [2.75, 3.05) is 27.1 Å². The van der Waals surface area contributed by atoms with Gasteiger partial charge in [-0.05, 0) is 29.8 Å². The number of anilines is 1. The van der Waals surface area contributed by atoms with Gasteiger partial charge in [0.05, 0.1) is 32.5 Å². The number of nitrogen functional groups attached to an aromatic ring is 1. The molecule has 0 saturated heterocycles. The van der Waals surface area contributed by atoms with Crippen LogP contribution in [0.2, 0.25) is 0 Å². The van der Waals surface area contributed by atoms with Gasteiger partial charge >= 0.3 is 0 Å². The smallest absolute Gasteiger partial charge is 0.203 e. The highest BCUT2D eigenvalue weighted by atomic mass is 16.5. The molecular weight excluding hydrogens is 294 g/mol. The molecule has 6 heteroatoms. The molecule has 3 rings (SSSR count). The third-order valence-corrected chi connectivity index (χ3v) is 3.64. The van der Waals surface area contributed by atoms with Crippen LogP contribution < -0.4 is 19.9 Å². The normalized spacial score (nSPS) is 10.6. The van der Waals surface area contributed by atoms with Crippen molar-refractivity contribution < 1.29 is 14.2 Å². The lowest BCUT2D eigenvalue weighted by Crippen LogP contribution is -1.98. The van der Waals surface area contributed by atoms with Crippen molar-refractivity contribution in [3.8, 4) is 28.4 Å². The van der Waals surface area contributed by atoms with E-state index < -0.39 is 0 Å². The summed E-state index contributed by atoms with van der Waals surface area (Å²) in [4.78, 5) is 8.73. The number of methoxy groups -OCH3 is 3. The van der Waals surface area contributed by atoms with Gasteiger partial charge in [0.2, 0.25) is 5.75 Å². The molecule has 0 saturated carbocycles. The summed E-state index contributed by atoms with van der Waals surface area (Å²) in [6, 6.07) is 7.37. The van der Waals surface area contributed by atoms with Crippen LogP contribution in [0.3, 0.4) is 0 Å². The summed E-state index contributed by atoms with van der Waals surface area (Å²) in [5.41, 5.74) is 9.84. The first-order chi connectivity index (χ1) is 11.2. The number of hydrogen-bond donors (Lipinski definition) is 1. The predicted octanol–water partition coefficient (Wildman–Crippen LogP) is 2.90. The maximum atomic E-state index is 6.29. The molecule has 23 heavy (non-hydrogen) atoms. The molecule has 0 aliphatic heterocycles. The molecule has 0 aliphatic rings. The molecule has 118 valence electrons. The van der Waals surface area contributed by atoms with Gasteiger partial charge in [0.25, 0.3) is 0 Å². The SMILES string of the molecule is COc1cc(-c2cnc3cccnc3c2N)cc(OC)c1OC. The number of aromatic nitrogens is 2. The van der Waals surface area contributed by atoms with Crippen molar-refractivity contribution in [1.82, 2.24) is 9.97 Å². The third-order valence-electron chi connectivity index (χ3n) is 3.64. The van der Waals surface area contributed by atoms with Crippen molar-refractivity contribution in [1.29, 1.82) is 0 Å². The number of nitrogens with two attached hydrogens (primary N) is 1. The van der Waals surface area contributed by atoms with E-state index in [1.807, 2.05) is 24.3 Å². The van der Waals surface area contributed by atoms with Gasteiger partial charge in [0.1, 0.15) is 5.52 Å². The fraction of sp³-hybridized carbons (Fsp3) is 0.176. The summed E-state index contributed by atoms with van der Waals surface area (Å²) < 4.78 is 16.1. The molecule has 0 unspecified atom stereocenters. The van der Waals surface area contributed by atoms with Gasteiger partial charge in [-0.2, -0.15) is 0 Å². The van der Waals surface area contributed by atoms with Crippen molar-refractivity contribution in [3.05, 3.63) is 36.7 Å². The molecule has 2 N–H and O–H groups in total. The zero-order valence-electron chi connectivity index (χ0n) is 13.2. The van der Waals surface area contributed by atoms with Crippen LogP contribution in [0.1, 0.15) is 0 Å². The van der Waals surface area contributed by atoms with Crippen LogP contribution in [0.15, 0.2) is 36.7 Å². The Morgan fingerprint density at radius 3 is 2.26 bits per heavy atom. The quantitative estimate of drug-likeness (QED) is 0.798. The number of rotatable bonds is 4. The van der Waals surface area contributed by atoms with Gasteiger partial charge < -0.3 is 19.9 Å². The number of nitrogens with zero attached hydrogens (tertiary/aromatic N) is 2. The minimum Gasteiger partial charge on any atom is -0.493 e. The average molecular weight is 311 g/mol. The second-order valence-corrected chi connectivity index (χ2v) is 4.87. The summed E-state index contributed by atoms with van der Waals surface area (Å²) in [6.45, 7) is 0. The van der Waals surface area contributed by atoms with Gasteiger partial charge in [-0.25, -0.2) is 0 Å². The minimum absolute atomic E-state index is 0.532. The average Bonchev–Trinajstić information content (AvgIpc) is 2.61. The van der Waals surface area contributed by atoms with Crippen LogP contribution in [0, 0.1) is 0 Å². The number of fused-ring (bicyclic) bond motifs is 1. The standard InChI is InChI=1S/C17H17N3O3/c1-21-13-7-10(8-14(22-2)17(13)23-3)11-9-20-12-5-4-6-19-16(12)15(11)18/h4-9H,1-3H3,(H2,18,20). The Bertz CT molecular complexity index is 840. The Morgan fingerprint density at radius 1 is 0.957 bits per heavy atom. The highest BCUT2D eigenvalue weighted by molar-refractivity contribution is 5.95. The number of pyridine rings is 2. The van der Waals surface area contributed by atoms with Gasteiger partial charge in [0.15, 0.2) is 11.5 Å². The maximum absolute atomic E-state index is 6.29. The number of benzene rings is 1. The summed E-state index contributed by atoms with van der Waals surface area (Å²) in [5.74, 6) is 1.65. The lowest BCUT2D eigenvalue weighted by atomic mass is 10.0. The lowest BCUT2D eigenvalue weighted by Gasteiger charge is -2.15. The molecule has 2 heterocycles. The van der Waals surface area contributed by atoms with Crippen LogP contribution in [0.25, 0.3) is 22.2 Å². The molecule has 0 radical (unpaired) electrons. The second kappa shape index (κ2) is 6.00. The van der Waals surface area contributed by atoms with Crippen molar-refractivity contribution in [3.63, 3.8) is 0 Å². The van der Waals surface area contributed by atoms with E-state index in [1.165, 1.54) is 0 Å².